The summed E-state index contributed by atoms with van der Waals surface area (Å²) in [6.07, 6.45) is 0. The van der Waals surface area contributed by atoms with E-state index < -0.39 is 5.91 Å². The summed E-state index contributed by atoms with van der Waals surface area (Å²) in [5.41, 5.74) is 0.472. The molecular formula is C19H17BrClN3O2. The van der Waals surface area contributed by atoms with Crippen LogP contribution in [0.2, 0.25) is 5.02 Å². The van der Waals surface area contributed by atoms with E-state index in [1.54, 1.807) is 42.5 Å². The Balaban J connectivity index is 2.09. The zero-order valence-corrected chi connectivity index (χ0v) is 16.6. The number of aromatic nitrogens is 2. The number of nitrogens with one attached hydrogen (secondary N) is 1. The second kappa shape index (κ2) is 7.60. The Labute approximate surface area is 164 Å². The van der Waals surface area contributed by atoms with Gasteiger partial charge in [0.05, 0.1) is 16.1 Å². The van der Waals surface area contributed by atoms with Gasteiger partial charge in [-0.15, -0.1) is 0 Å². The van der Waals surface area contributed by atoms with Crippen molar-refractivity contribution in [3.8, 4) is 0 Å². The molecular weight excluding hydrogens is 418 g/mol. The van der Waals surface area contributed by atoms with Crippen molar-refractivity contribution in [2.24, 2.45) is 5.92 Å². The van der Waals surface area contributed by atoms with Gasteiger partial charge in [0.25, 0.3) is 11.5 Å². The fourth-order valence-electron chi connectivity index (χ4n) is 2.64. The highest BCUT2D eigenvalue weighted by Gasteiger charge is 2.18. The van der Waals surface area contributed by atoms with Crippen LogP contribution in [0, 0.1) is 5.92 Å². The van der Waals surface area contributed by atoms with Gasteiger partial charge in [-0.2, -0.15) is 5.10 Å². The number of nitrogens with zero attached hydrogens (tertiary/aromatic N) is 2. The van der Waals surface area contributed by atoms with Crippen LogP contribution in [-0.2, 0) is 6.54 Å². The van der Waals surface area contributed by atoms with Crippen LogP contribution in [-0.4, -0.2) is 15.7 Å². The van der Waals surface area contributed by atoms with Gasteiger partial charge >= 0.3 is 0 Å². The Morgan fingerprint density at radius 1 is 1.23 bits per heavy atom. The van der Waals surface area contributed by atoms with Crippen molar-refractivity contribution in [3.05, 3.63) is 68.0 Å². The Morgan fingerprint density at radius 2 is 1.92 bits per heavy atom. The van der Waals surface area contributed by atoms with Crippen molar-refractivity contribution in [1.82, 2.24) is 9.78 Å². The minimum Gasteiger partial charge on any atom is -0.319 e. The highest BCUT2D eigenvalue weighted by molar-refractivity contribution is 9.10. The van der Waals surface area contributed by atoms with Gasteiger partial charge < -0.3 is 5.32 Å². The zero-order valence-electron chi connectivity index (χ0n) is 14.3. The summed E-state index contributed by atoms with van der Waals surface area (Å²) in [5, 5.41) is 8.49. The maximum Gasteiger partial charge on any atom is 0.276 e. The van der Waals surface area contributed by atoms with Crippen LogP contribution in [0.25, 0.3) is 10.8 Å². The second-order valence-electron chi connectivity index (χ2n) is 6.35. The zero-order chi connectivity index (χ0) is 18.8. The van der Waals surface area contributed by atoms with E-state index in [9.17, 15) is 9.59 Å². The smallest absolute Gasteiger partial charge is 0.276 e. The topological polar surface area (TPSA) is 64.0 Å². The monoisotopic (exact) mass is 433 g/mol. The van der Waals surface area contributed by atoms with Crippen molar-refractivity contribution in [3.63, 3.8) is 0 Å². The summed E-state index contributed by atoms with van der Waals surface area (Å²) in [4.78, 5) is 25.5. The molecule has 0 saturated carbocycles. The summed E-state index contributed by atoms with van der Waals surface area (Å²) in [5.74, 6) is -0.193. The first kappa shape index (κ1) is 18.6. The highest BCUT2D eigenvalue weighted by atomic mass is 79.9. The molecule has 26 heavy (non-hydrogen) atoms. The number of hydrogen-bond acceptors (Lipinski definition) is 3. The number of amides is 1. The molecule has 0 spiro atoms. The Hall–Kier alpha value is -2.18. The second-order valence-corrected chi connectivity index (χ2v) is 7.68. The molecule has 134 valence electrons. The SMILES string of the molecule is CC(C)Cn1nc(C(=O)Nc2ccc(Br)cc2Cl)c2ccccc2c1=O. The van der Waals surface area contributed by atoms with E-state index in [1.807, 2.05) is 13.8 Å². The summed E-state index contributed by atoms with van der Waals surface area (Å²) in [7, 11) is 0. The third-order valence-corrected chi connectivity index (χ3v) is 4.61. The molecule has 5 nitrogen and oxygen atoms in total. The number of anilines is 1. The molecule has 0 aliphatic rings. The van der Waals surface area contributed by atoms with Gasteiger partial charge in [-0.05, 0) is 30.2 Å². The average Bonchev–Trinajstić information content (AvgIpc) is 2.59. The van der Waals surface area contributed by atoms with Crippen molar-refractivity contribution in [2.75, 3.05) is 5.32 Å². The van der Waals surface area contributed by atoms with E-state index in [1.165, 1.54) is 4.68 Å². The van der Waals surface area contributed by atoms with Gasteiger partial charge in [-0.1, -0.05) is 59.6 Å². The van der Waals surface area contributed by atoms with Crippen LogP contribution in [0.5, 0.6) is 0 Å². The molecule has 0 fully saturated rings. The minimum atomic E-state index is -0.414. The number of rotatable bonds is 4. The lowest BCUT2D eigenvalue weighted by molar-refractivity contribution is 0.102. The van der Waals surface area contributed by atoms with E-state index in [0.29, 0.717) is 28.0 Å². The Kier molecular flexibility index (Phi) is 5.44. The predicted molar refractivity (Wildman–Crippen MR) is 108 cm³/mol. The van der Waals surface area contributed by atoms with Crippen LogP contribution in [0.3, 0.4) is 0 Å². The molecule has 3 aromatic rings. The number of hydrogen-bond donors (Lipinski definition) is 1. The molecule has 2 aromatic carbocycles. The van der Waals surface area contributed by atoms with E-state index in [-0.39, 0.29) is 17.2 Å². The first-order chi connectivity index (χ1) is 12.4. The molecule has 0 saturated heterocycles. The maximum absolute atomic E-state index is 12.9. The number of halogens is 2. The van der Waals surface area contributed by atoms with Gasteiger partial charge in [-0.3, -0.25) is 9.59 Å². The van der Waals surface area contributed by atoms with Crippen LogP contribution < -0.4 is 10.9 Å². The van der Waals surface area contributed by atoms with Crippen molar-refractivity contribution in [1.29, 1.82) is 0 Å². The number of carbonyl (C=O) groups excluding carboxylic acids is 1. The van der Waals surface area contributed by atoms with E-state index >= 15 is 0 Å². The fourth-order valence-corrected chi connectivity index (χ4v) is 3.37. The van der Waals surface area contributed by atoms with Crippen molar-refractivity contribution >= 4 is 49.9 Å². The van der Waals surface area contributed by atoms with Gasteiger partial charge in [0.1, 0.15) is 0 Å². The lowest BCUT2D eigenvalue weighted by atomic mass is 10.1. The van der Waals surface area contributed by atoms with E-state index in [2.05, 4.69) is 26.3 Å². The largest absolute Gasteiger partial charge is 0.319 e. The molecule has 0 aliphatic heterocycles. The minimum absolute atomic E-state index is 0.194. The summed E-state index contributed by atoms with van der Waals surface area (Å²) in [6.45, 7) is 4.41. The lowest BCUT2D eigenvalue weighted by Crippen LogP contribution is -2.29. The molecule has 0 unspecified atom stereocenters. The molecule has 1 N–H and O–H groups in total. The van der Waals surface area contributed by atoms with Gasteiger partial charge in [0.2, 0.25) is 0 Å². The molecule has 0 aliphatic carbocycles. The van der Waals surface area contributed by atoms with Gasteiger partial charge in [0, 0.05) is 16.4 Å². The fraction of sp³-hybridized carbons (Fsp3) is 0.211. The Bertz CT molecular complexity index is 1050. The average molecular weight is 435 g/mol. The highest BCUT2D eigenvalue weighted by Crippen LogP contribution is 2.26. The molecule has 1 heterocycles. The van der Waals surface area contributed by atoms with Crippen molar-refractivity contribution in [2.45, 2.75) is 20.4 Å². The third-order valence-electron chi connectivity index (χ3n) is 3.80. The van der Waals surface area contributed by atoms with Crippen LogP contribution >= 0.6 is 27.5 Å². The summed E-state index contributed by atoms with van der Waals surface area (Å²) < 4.78 is 2.17. The summed E-state index contributed by atoms with van der Waals surface area (Å²) >= 11 is 9.52. The van der Waals surface area contributed by atoms with Gasteiger partial charge in [0.15, 0.2) is 5.69 Å². The first-order valence-electron chi connectivity index (χ1n) is 8.13. The molecule has 3 rings (SSSR count). The van der Waals surface area contributed by atoms with Crippen LogP contribution in [0.1, 0.15) is 24.3 Å². The molecule has 0 atom stereocenters. The molecule has 7 heteroatoms. The van der Waals surface area contributed by atoms with Crippen molar-refractivity contribution < 1.29 is 4.79 Å². The Morgan fingerprint density at radius 3 is 2.58 bits per heavy atom. The molecule has 1 aromatic heterocycles. The van der Waals surface area contributed by atoms with Crippen LogP contribution in [0.15, 0.2) is 51.7 Å². The molecule has 0 radical (unpaired) electrons. The predicted octanol–water partition coefficient (Wildman–Crippen LogP) is 4.72. The normalized spacial score (nSPS) is 11.1. The first-order valence-corrected chi connectivity index (χ1v) is 9.30. The van der Waals surface area contributed by atoms with E-state index in [4.69, 9.17) is 11.6 Å². The third kappa shape index (κ3) is 3.81. The molecule has 0 bridgehead atoms. The molecule has 1 amide bonds. The number of carbonyl (C=O) groups is 1. The van der Waals surface area contributed by atoms with Crippen LogP contribution in [0.4, 0.5) is 5.69 Å². The van der Waals surface area contributed by atoms with Gasteiger partial charge in [-0.25, -0.2) is 4.68 Å². The lowest BCUT2D eigenvalue weighted by Gasteiger charge is -2.13. The van der Waals surface area contributed by atoms with E-state index in [0.717, 1.165) is 4.47 Å². The maximum atomic E-state index is 12.9. The summed E-state index contributed by atoms with van der Waals surface area (Å²) in [6, 6.07) is 12.2. The number of fused-ring (bicyclic) bond motifs is 1. The quantitative estimate of drug-likeness (QED) is 0.646. The standard InChI is InChI=1S/C19H17BrClN3O2/c1-11(2)10-24-19(26)14-6-4-3-5-13(14)17(23-24)18(25)22-16-8-7-12(20)9-15(16)21/h3-9,11H,10H2,1-2H3,(H,22,25). The number of benzene rings is 2.